The molecule has 0 aliphatic carbocycles. The van der Waals surface area contributed by atoms with Gasteiger partial charge < -0.3 is 25.6 Å². The maximum atomic E-state index is 10.7. The molecule has 0 spiro atoms. The zero-order chi connectivity index (χ0) is 21.6. The number of benzene rings is 3. The van der Waals surface area contributed by atoms with E-state index < -0.39 is 6.10 Å². The molecular formula is C24H23N3O3S. The Morgan fingerprint density at radius 3 is 2.32 bits per heavy atom. The van der Waals surface area contributed by atoms with Crippen LogP contribution in [0.25, 0.3) is 0 Å². The Balaban J connectivity index is 1.40. The second kappa shape index (κ2) is 9.51. The van der Waals surface area contributed by atoms with Crippen LogP contribution >= 0.6 is 11.3 Å². The van der Waals surface area contributed by atoms with Crippen LogP contribution in [0.15, 0.2) is 78.9 Å². The largest absolute Gasteiger partial charge is 0.497 e. The smallest absolute Gasteiger partial charge is 0.189 e. The van der Waals surface area contributed by atoms with Gasteiger partial charge >= 0.3 is 0 Å². The van der Waals surface area contributed by atoms with Gasteiger partial charge in [0.1, 0.15) is 30.0 Å². The van der Waals surface area contributed by atoms with Crippen molar-refractivity contribution in [1.29, 1.82) is 0 Å². The fourth-order valence-electron chi connectivity index (χ4n) is 3.03. The van der Waals surface area contributed by atoms with Gasteiger partial charge in [-0.25, -0.2) is 4.98 Å². The first-order valence-electron chi connectivity index (χ1n) is 9.74. The molecule has 0 radical (unpaired) electrons. The number of hydrogen-bond donors (Lipinski definition) is 3. The van der Waals surface area contributed by atoms with Crippen molar-refractivity contribution in [1.82, 2.24) is 4.98 Å². The van der Waals surface area contributed by atoms with Crippen molar-refractivity contribution < 1.29 is 14.6 Å². The van der Waals surface area contributed by atoms with E-state index in [1.165, 1.54) is 11.3 Å². The molecule has 0 fully saturated rings. The Hall–Kier alpha value is -3.55. The first-order chi connectivity index (χ1) is 15.1. The third kappa shape index (κ3) is 5.14. The SMILES string of the molecule is COc1ccc(C(O)c2sc(Nc3ccc(OCc4ccccc4)cc3)nc2N)cc1. The number of nitrogens with zero attached hydrogens (tertiary/aromatic N) is 1. The molecule has 0 amide bonds. The number of thiazole rings is 1. The monoisotopic (exact) mass is 433 g/mol. The van der Waals surface area contributed by atoms with Gasteiger partial charge in [-0.1, -0.05) is 53.8 Å². The van der Waals surface area contributed by atoms with Crippen molar-refractivity contribution >= 4 is 28.0 Å². The Bertz CT molecular complexity index is 1110. The highest BCUT2D eigenvalue weighted by Gasteiger charge is 2.19. The number of aliphatic hydroxyl groups excluding tert-OH is 1. The number of anilines is 3. The summed E-state index contributed by atoms with van der Waals surface area (Å²) < 4.78 is 11.0. The molecule has 3 aromatic carbocycles. The molecule has 0 saturated carbocycles. The van der Waals surface area contributed by atoms with E-state index in [9.17, 15) is 5.11 Å². The Morgan fingerprint density at radius 1 is 0.968 bits per heavy atom. The first-order valence-corrected chi connectivity index (χ1v) is 10.6. The van der Waals surface area contributed by atoms with E-state index in [4.69, 9.17) is 15.2 Å². The number of nitrogens with two attached hydrogens (primary N) is 1. The molecular weight excluding hydrogens is 410 g/mol. The minimum atomic E-state index is -0.854. The van der Waals surface area contributed by atoms with Crippen LogP contribution in [-0.2, 0) is 6.61 Å². The third-order valence-corrected chi connectivity index (χ3v) is 5.75. The standard InChI is InChI=1S/C24H23N3O3S/c1-29-19-11-7-17(8-12-19)21(28)22-23(25)27-24(31-22)26-18-9-13-20(14-10-18)30-15-16-5-3-2-4-6-16/h2-14,21,28H,15,25H2,1H3,(H,26,27). The number of nitrogen functional groups attached to an aromatic ring is 1. The van der Waals surface area contributed by atoms with E-state index in [1.807, 2.05) is 66.7 Å². The predicted molar refractivity (Wildman–Crippen MR) is 124 cm³/mol. The van der Waals surface area contributed by atoms with Gasteiger partial charge in [-0.05, 0) is 47.5 Å². The van der Waals surface area contributed by atoms with Crippen LogP contribution in [0.1, 0.15) is 22.1 Å². The predicted octanol–water partition coefficient (Wildman–Crippen LogP) is 5.14. The fraction of sp³-hybridized carbons (Fsp3) is 0.125. The van der Waals surface area contributed by atoms with Gasteiger partial charge in [0.05, 0.1) is 12.0 Å². The highest BCUT2D eigenvalue weighted by molar-refractivity contribution is 7.16. The maximum Gasteiger partial charge on any atom is 0.189 e. The third-order valence-electron chi connectivity index (χ3n) is 4.71. The summed E-state index contributed by atoms with van der Waals surface area (Å²) in [5.74, 6) is 1.81. The lowest BCUT2D eigenvalue weighted by Crippen LogP contribution is -2.01. The molecule has 7 heteroatoms. The van der Waals surface area contributed by atoms with Crippen molar-refractivity contribution in [3.05, 3.63) is 94.9 Å². The number of hydrogen-bond acceptors (Lipinski definition) is 7. The van der Waals surface area contributed by atoms with Crippen LogP contribution in [0.4, 0.5) is 16.6 Å². The van der Waals surface area contributed by atoms with E-state index in [2.05, 4.69) is 10.3 Å². The van der Waals surface area contributed by atoms with Crippen LogP contribution < -0.4 is 20.5 Å². The van der Waals surface area contributed by atoms with Gasteiger partial charge in [0.2, 0.25) is 0 Å². The van der Waals surface area contributed by atoms with Gasteiger partial charge in [0.15, 0.2) is 5.13 Å². The van der Waals surface area contributed by atoms with Gasteiger partial charge in [-0.3, -0.25) is 0 Å². The summed E-state index contributed by atoms with van der Waals surface area (Å²) >= 11 is 1.32. The van der Waals surface area contributed by atoms with Crippen molar-refractivity contribution in [2.75, 3.05) is 18.2 Å². The summed E-state index contributed by atoms with van der Waals surface area (Å²) in [6.07, 6.45) is -0.854. The molecule has 158 valence electrons. The van der Waals surface area contributed by atoms with E-state index in [1.54, 1.807) is 19.2 Å². The minimum absolute atomic E-state index is 0.304. The molecule has 4 aromatic rings. The lowest BCUT2D eigenvalue weighted by atomic mass is 10.1. The molecule has 4 rings (SSSR count). The number of nitrogens with one attached hydrogen (secondary N) is 1. The van der Waals surface area contributed by atoms with Crippen LogP contribution in [0.3, 0.4) is 0 Å². The summed E-state index contributed by atoms with van der Waals surface area (Å²) in [4.78, 5) is 4.95. The average Bonchev–Trinajstić information content (AvgIpc) is 3.18. The van der Waals surface area contributed by atoms with Gasteiger partial charge in [-0.2, -0.15) is 0 Å². The van der Waals surface area contributed by atoms with E-state index in [0.717, 1.165) is 28.3 Å². The summed E-state index contributed by atoms with van der Waals surface area (Å²) in [5.41, 5.74) is 8.76. The first kappa shape index (κ1) is 20.7. The second-order valence-corrected chi connectivity index (χ2v) is 7.90. The van der Waals surface area contributed by atoms with Gasteiger partial charge in [0.25, 0.3) is 0 Å². The average molecular weight is 434 g/mol. The normalized spacial score (nSPS) is 11.7. The number of methoxy groups -OCH3 is 1. The fourth-order valence-corrected chi connectivity index (χ4v) is 3.95. The van der Waals surface area contributed by atoms with E-state index >= 15 is 0 Å². The van der Waals surface area contributed by atoms with Crippen molar-refractivity contribution in [3.8, 4) is 11.5 Å². The summed E-state index contributed by atoms with van der Waals surface area (Å²) in [6.45, 7) is 0.517. The highest BCUT2D eigenvalue weighted by Crippen LogP contribution is 2.36. The second-order valence-electron chi connectivity index (χ2n) is 6.87. The van der Waals surface area contributed by atoms with Crippen LogP contribution in [0.2, 0.25) is 0 Å². The Labute approximate surface area is 184 Å². The number of aliphatic hydroxyl groups is 1. The molecule has 0 aliphatic heterocycles. The van der Waals surface area contributed by atoms with Crippen molar-refractivity contribution in [2.24, 2.45) is 0 Å². The van der Waals surface area contributed by atoms with E-state index in [-0.39, 0.29) is 0 Å². The zero-order valence-electron chi connectivity index (χ0n) is 17.0. The van der Waals surface area contributed by atoms with Crippen LogP contribution in [-0.4, -0.2) is 17.2 Å². The molecule has 0 saturated heterocycles. The van der Waals surface area contributed by atoms with E-state index in [0.29, 0.717) is 22.4 Å². The lowest BCUT2D eigenvalue weighted by molar-refractivity contribution is 0.224. The topological polar surface area (TPSA) is 89.6 Å². The minimum Gasteiger partial charge on any atom is -0.497 e. The molecule has 0 bridgehead atoms. The highest BCUT2D eigenvalue weighted by atomic mass is 32.1. The summed E-state index contributed by atoms with van der Waals surface area (Å²) in [7, 11) is 1.60. The van der Waals surface area contributed by atoms with Gasteiger partial charge in [-0.15, -0.1) is 0 Å². The van der Waals surface area contributed by atoms with Crippen LogP contribution in [0, 0.1) is 0 Å². The number of ether oxygens (including phenoxy) is 2. The van der Waals surface area contributed by atoms with Crippen molar-refractivity contribution in [2.45, 2.75) is 12.7 Å². The Morgan fingerprint density at radius 2 is 1.65 bits per heavy atom. The molecule has 31 heavy (non-hydrogen) atoms. The van der Waals surface area contributed by atoms with Crippen molar-refractivity contribution in [3.63, 3.8) is 0 Å². The maximum absolute atomic E-state index is 10.7. The molecule has 4 N–H and O–H groups in total. The molecule has 1 aromatic heterocycles. The van der Waals surface area contributed by atoms with Crippen LogP contribution in [0.5, 0.6) is 11.5 Å². The summed E-state index contributed by atoms with van der Waals surface area (Å²) in [6, 6.07) is 24.9. The Kier molecular flexibility index (Phi) is 6.35. The molecule has 1 unspecified atom stereocenters. The molecule has 6 nitrogen and oxygen atoms in total. The number of aromatic nitrogens is 1. The molecule has 0 aliphatic rings. The zero-order valence-corrected chi connectivity index (χ0v) is 17.8. The molecule has 1 atom stereocenters. The van der Waals surface area contributed by atoms with Gasteiger partial charge in [0, 0.05) is 5.69 Å². The summed E-state index contributed by atoms with van der Waals surface area (Å²) in [5, 5.41) is 14.6. The molecule has 1 heterocycles. The quantitative estimate of drug-likeness (QED) is 0.357. The number of rotatable bonds is 8. The lowest BCUT2D eigenvalue weighted by Gasteiger charge is -2.10.